The maximum Gasteiger partial charge on any atom is 0.220 e. The maximum absolute atomic E-state index is 11.9. The summed E-state index contributed by atoms with van der Waals surface area (Å²) < 4.78 is 0. The summed E-state index contributed by atoms with van der Waals surface area (Å²) in [6.07, 6.45) is 5.11. The molecule has 3 nitrogen and oxygen atoms in total. The van der Waals surface area contributed by atoms with Gasteiger partial charge in [-0.1, -0.05) is 31.2 Å². The number of rotatable bonds is 7. The number of fused-ring (bicyclic) bond motifs is 1. The zero-order valence-corrected chi connectivity index (χ0v) is 12.5. The van der Waals surface area contributed by atoms with Gasteiger partial charge in [-0.3, -0.25) is 4.79 Å². The summed E-state index contributed by atoms with van der Waals surface area (Å²) in [6.45, 7) is 4.77. The number of aryl methyl sites for hydroxylation is 1. The van der Waals surface area contributed by atoms with Crippen LogP contribution in [0.25, 0.3) is 0 Å². The lowest BCUT2D eigenvalue weighted by Crippen LogP contribution is -2.33. The predicted molar refractivity (Wildman–Crippen MR) is 82.7 cm³/mol. The summed E-state index contributed by atoms with van der Waals surface area (Å²) in [5.41, 5.74) is 2.90. The molecule has 110 valence electrons. The van der Waals surface area contributed by atoms with Crippen LogP contribution in [-0.2, 0) is 17.6 Å². The van der Waals surface area contributed by atoms with Crippen LogP contribution in [0.5, 0.6) is 0 Å². The minimum Gasteiger partial charge on any atom is -0.355 e. The maximum atomic E-state index is 11.9. The fourth-order valence-electron chi connectivity index (χ4n) is 2.87. The van der Waals surface area contributed by atoms with Gasteiger partial charge in [0.1, 0.15) is 0 Å². The van der Waals surface area contributed by atoms with Crippen molar-refractivity contribution in [1.82, 2.24) is 10.6 Å². The van der Waals surface area contributed by atoms with Gasteiger partial charge in [-0.15, -0.1) is 0 Å². The summed E-state index contributed by atoms with van der Waals surface area (Å²) in [4.78, 5) is 11.9. The van der Waals surface area contributed by atoms with Crippen molar-refractivity contribution in [2.45, 2.75) is 39.0 Å². The minimum atomic E-state index is 0.202. The van der Waals surface area contributed by atoms with E-state index in [2.05, 4.69) is 41.8 Å². The highest BCUT2D eigenvalue weighted by molar-refractivity contribution is 5.76. The van der Waals surface area contributed by atoms with Crippen molar-refractivity contribution < 1.29 is 4.79 Å². The molecule has 0 heterocycles. The first-order chi connectivity index (χ1) is 9.79. The van der Waals surface area contributed by atoms with E-state index >= 15 is 0 Å². The number of nitrogens with one attached hydrogen (secondary N) is 2. The molecule has 1 aromatic rings. The molecule has 1 atom stereocenters. The molecule has 0 radical (unpaired) electrons. The van der Waals surface area contributed by atoms with Gasteiger partial charge < -0.3 is 10.6 Å². The molecule has 0 fully saturated rings. The van der Waals surface area contributed by atoms with Crippen LogP contribution in [0, 0.1) is 5.92 Å². The molecule has 2 N–H and O–H groups in total. The van der Waals surface area contributed by atoms with Gasteiger partial charge in [0.25, 0.3) is 0 Å². The molecule has 1 aliphatic carbocycles. The number of amides is 1. The smallest absolute Gasteiger partial charge is 0.220 e. The predicted octanol–water partition coefficient (Wildman–Crippen LogP) is 2.30. The number of carbonyl (C=O) groups is 1. The Morgan fingerprint density at radius 2 is 2.00 bits per heavy atom. The van der Waals surface area contributed by atoms with Gasteiger partial charge in [-0.25, -0.2) is 0 Å². The summed E-state index contributed by atoms with van der Waals surface area (Å²) in [5, 5.41) is 6.30. The van der Waals surface area contributed by atoms with E-state index < -0.39 is 0 Å². The summed E-state index contributed by atoms with van der Waals surface area (Å²) in [6, 6.07) is 8.62. The zero-order chi connectivity index (χ0) is 14.2. The van der Waals surface area contributed by atoms with E-state index in [1.165, 1.54) is 11.1 Å². The topological polar surface area (TPSA) is 41.1 Å². The molecule has 1 aromatic carbocycles. The standard InChI is InChI=1S/C17H26N2O/c1-2-9-18-10-11-19-17(20)13-14-7-8-15-5-3-4-6-16(15)12-14/h3-6,14,18H,2,7-13H2,1H3,(H,19,20). The molecule has 3 heteroatoms. The Balaban J connectivity index is 1.68. The third-order valence-electron chi connectivity index (χ3n) is 3.97. The summed E-state index contributed by atoms with van der Waals surface area (Å²) >= 11 is 0. The molecule has 0 saturated carbocycles. The van der Waals surface area contributed by atoms with E-state index in [0.717, 1.165) is 45.3 Å². The molecule has 0 aromatic heterocycles. The normalized spacial score (nSPS) is 17.6. The molecule has 0 bridgehead atoms. The van der Waals surface area contributed by atoms with Crippen LogP contribution in [-0.4, -0.2) is 25.5 Å². The Kier molecular flexibility index (Phi) is 6.06. The van der Waals surface area contributed by atoms with Crippen molar-refractivity contribution in [1.29, 1.82) is 0 Å². The Hall–Kier alpha value is -1.35. The molecule has 1 amide bonds. The number of benzene rings is 1. The lowest BCUT2D eigenvalue weighted by atomic mass is 9.82. The number of hydrogen-bond acceptors (Lipinski definition) is 2. The van der Waals surface area contributed by atoms with Gasteiger partial charge in [0, 0.05) is 19.5 Å². The molecule has 0 spiro atoms. The molecule has 0 aliphatic heterocycles. The number of carbonyl (C=O) groups excluding carboxylic acids is 1. The van der Waals surface area contributed by atoms with Crippen molar-refractivity contribution in [2.24, 2.45) is 5.92 Å². The van der Waals surface area contributed by atoms with Crippen LogP contribution < -0.4 is 10.6 Å². The highest BCUT2D eigenvalue weighted by atomic mass is 16.1. The van der Waals surface area contributed by atoms with E-state index in [1.807, 2.05) is 0 Å². The zero-order valence-electron chi connectivity index (χ0n) is 12.5. The molecule has 2 rings (SSSR count). The second kappa shape index (κ2) is 8.05. The van der Waals surface area contributed by atoms with Crippen LogP contribution in [0.3, 0.4) is 0 Å². The highest BCUT2D eigenvalue weighted by Crippen LogP contribution is 2.27. The molecule has 1 aliphatic rings. The molecular formula is C17H26N2O. The second-order valence-corrected chi connectivity index (χ2v) is 5.68. The van der Waals surface area contributed by atoms with E-state index in [9.17, 15) is 4.79 Å². The van der Waals surface area contributed by atoms with Crippen LogP contribution in [0.1, 0.15) is 37.3 Å². The van der Waals surface area contributed by atoms with Crippen molar-refractivity contribution in [3.63, 3.8) is 0 Å². The Morgan fingerprint density at radius 3 is 2.80 bits per heavy atom. The van der Waals surface area contributed by atoms with E-state index in [1.54, 1.807) is 0 Å². The Bertz CT molecular complexity index is 431. The molecule has 20 heavy (non-hydrogen) atoms. The van der Waals surface area contributed by atoms with E-state index in [0.29, 0.717) is 12.3 Å². The van der Waals surface area contributed by atoms with Gasteiger partial charge in [0.15, 0.2) is 0 Å². The van der Waals surface area contributed by atoms with Crippen molar-refractivity contribution in [3.05, 3.63) is 35.4 Å². The van der Waals surface area contributed by atoms with Crippen LogP contribution >= 0.6 is 0 Å². The summed E-state index contributed by atoms with van der Waals surface area (Å²) in [7, 11) is 0. The molecular weight excluding hydrogens is 248 g/mol. The van der Waals surface area contributed by atoms with Crippen molar-refractivity contribution in [3.8, 4) is 0 Å². The SMILES string of the molecule is CCCNCCNC(=O)CC1CCc2ccccc2C1. The fraction of sp³-hybridized carbons (Fsp3) is 0.588. The first-order valence-corrected chi connectivity index (χ1v) is 7.83. The van der Waals surface area contributed by atoms with Gasteiger partial charge in [0.2, 0.25) is 5.91 Å². The van der Waals surface area contributed by atoms with Crippen molar-refractivity contribution >= 4 is 5.91 Å². The molecule has 0 saturated heterocycles. The monoisotopic (exact) mass is 274 g/mol. The van der Waals surface area contributed by atoms with Gasteiger partial charge in [0.05, 0.1) is 0 Å². The lowest BCUT2D eigenvalue weighted by molar-refractivity contribution is -0.122. The minimum absolute atomic E-state index is 0.202. The van der Waals surface area contributed by atoms with Crippen LogP contribution in [0.4, 0.5) is 0 Å². The average Bonchev–Trinajstić information content (AvgIpc) is 2.47. The second-order valence-electron chi connectivity index (χ2n) is 5.68. The fourth-order valence-corrected chi connectivity index (χ4v) is 2.87. The first kappa shape index (κ1) is 15.0. The number of hydrogen-bond donors (Lipinski definition) is 2. The van der Waals surface area contributed by atoms with Gasteiger partial charge in [-0.05, 0) is 49.3 Å². The third-order valence-corrected chi connectivity index (χ3v) is 3.97. The summed E-state index contributed by atoms with van der Waals surface area (Å²) in [5.74, 6) is 0.709. The van der Waals surface area contributed by atoms with E-state index in [-0.39, 0.29) is 5.91 Å². The van der Waals surface area contributed by atoms with Gasteiger partial charge in [-0.2, -0.15) is 0 Å². The van der Waals surface area contributed by atoms with E-state index in [4.69, 9.17) is 0 Å². The Labute approximate surface area is 122 Å². The van der Waals surface area contributed by atoms with Gasteiger partial charge >= 0.3 is 0 Å². The van der Waals surface area contributed by atoms with Crippen molar-refractivity contribution in [2.75, 3.05) is 19.6 Å². The lowest BCUT2D eigenvalue weighted by Gasteiger charge is -2.24. The largest absolute Gasteiger partial charge is 0.355 e. The first-order valence-electron chi connectivity index (χ1n) is 7.83. The molecule has 1 unspecified atom stereocenters. The highest BCUT2D eigenvalue weighted by Gasteiger charge is 2.20. The third kappa shape index (κ3) is 4.64. The van der Waals surface area contributed by atoms with Crippen LogP contribution in [0.15, 0.2) is 24.3 Å². The quantitative estimate of drug-likeness (QED) is 0.749. The average molecular weight is 274 g/mol. The van der Waals surface area contributed by atoms with Crippen LogP contribution in [0.2, 0.25) is 0 Å². The Morgan fingerprint density at radius 1 is 1.20 bits per heavy atom.